The van der Waals surface area contributed by atoms with E-state index in [1.54, 1.807) is 6.07 Å². The second-order valence-electron chi connectivity index (χ2n) is 4.59. The van der Waals surface area contributed by atoms with E-state index in [2.05, 4.69) is 12.2 Å². The molecule has 1 saturated carbocycles. The molecule has 0 spiro atoms. The molecule has 0 heterocycles. The summed E-state index contributed by atoms with van der Waals surface area (Å²) in [5.41, 5.74) is 1.26. The first-order valence-electron chi connectivity index (χ1n) is 5.84. The molecule has 1 nitrogen and oxygen atoms in total. The maximum absolute atomic E-state index is 13.2. The Hall–Kier alpha value is -0.600. The Morgan fingerprint density at radius 1 is 1.44 bits per heavy atom. The molecule has 0 saturated heterocycles. The van der Waals surface area contributed by atoms with E-state index in [1.807, 2.05) is 6.07 Å². The second-order valence-corrected chi connectivity index (χ2v) is 5.00. The van der Waals surface area contributed by atoms with Crippen molar-refractivity contribution in [1.29, 1.82) is 0 Å². The van der Waals surface area contributed by atoms with Gasteiger partial charge in [-0.25, -0.2) is 4.39 Å². The van der Waals surface area contributed by atoms with E-state index in [-0.39, 0.29) is 10.8 Å². The molecule has 0 amide bonds. The van der Waals surface area contributed by atoms with Gasteiger partial charge in [0.25, 0.3) is 0 Å². The van der Waals surface area contributed by atoms with Crippen LogP contribution < -0.4 is 5.32 Å². The zero-order chi connectivity index (χ0) is 11.6. The lowest BCUT2D eigenvalue weighted by molar-refractivity contribution is 0.175. The quantitative estimate of drug-likeness (QED) is 0.843. The van der Waals surface area contributed by atoms with Crippen molar-refractivity contribution in [2.24, 2.45) is 0 Å². The van der Waals surface area contributed by atoms with E-state index in [1.165, 1.54) is 25.3 Å². The molecule has 16 heavy (non-hydrogen) atoms. The van der Waals surface area contributed by atoms with Crippen LogP contribution in [0.2, 0.25) is 5.02 Å². The Morgan fingerprint density at radius 2 is 2.19 bits per heavy atom. The highest BCUT2D eigenvalue weighted by Crippen LogP contribution is 2.34. The van der Waals surface area contributed by atoms with E-state index in [9.17, 15) is 4.39 Å². The third-order valence-electron chi connectivity index (χ3n) is 3.64. The predicted molar refractivity (Wildman–Crippen MR) is 65.1 cm³/mol. The average Bonchev–Trinajstić information content (AvgIpc) is 2.22. The highest BCUT2D eigenvalue weighted by atomic mass is 35.5. The van der Waals surface area contributed by atoms with Crippen molar-refractivity contribution >= 4 is 11.6 Å². The van der Waals surface area contributed by atoms with Gasteiger partial charge in [-0.2, -0.15) is 0 Å². The second kappa shape index (κ2) is 4.72. The number of hydrogen-bond acceptors (Lipinski definition) is 1. The predicted octanol–water partition coefficient (Wildman–Crippen LogP) is 3.90. The van der Waals surface area contributed by atoms with E-state index in [0.29, 0.717) is 5.54 Å². The summed E-state index contributed by atoms with van der Waals surface area (Å²) in [6, 6.07) is 5.01. The van der Waals surface area contributed by atoms with Gasteiger partial charge in [0.1, 0.15) is 5.82 Å². The summed E-state index contributed by atoms with van der Waals surface area (Å²) in [6.07, 6.45) is 4.91. The molecule has 3 heteroatoms. The van der Waals surface area contributed by atoms with Crippen LogP contribution in [0.15, 0.2) is 18.2 Å². The van der Waals surface area contributed by atoms with Gasteiger partial charge in [0.2, 0.25) is 0 Å². The molecule has 1 aliphatic rings. The molecule has 2 rings (SSSR count). The molecule has 0 aromatic heterocycles. The number of rotatable bonds is 4. The summed E-state index contributed by atoms with van der Waals surface area (Å²) in [7, 11) is 0. The zero-order valence-electron chi connectivity index (χ0n) is 9.52. The maximum Gasteiger partial charge on any atom is 0.142 e. The van der Waals surface area contributed by atoms with Gasteiger partial charge in [-0.15, -0.1) is 0 Å². The molecule has 0 atom stereocenters. The molecule has 0 radical (unpaired) electrons. The number of halogens is 2. The molecule has 1 N–H and O–H groups in total. The van der Waals surface area contributed by atoms with E-state index in [4.69, 9.17) is 11.6 Å². The van der Waals surface area contributed by atoms with Gasteiger partial charge >= 0.3 is 0 Å². The van der Waals surface area contributed by atoms with Crippen molar-refractivity contribution in [2.75, 3.05) is 0 Å². The Balaban J connectivity index is 1.96. The normalized spacial score (nSPS) is 18.2. The van der Waals surface area contributed by atoms with Crippen LogP contribution in [0.1, 0.15) is 38.2 Å². The van der Waals surface area contributed by atoms with Gasteiger partial charge in [0.05, 0.1) is 5.02 Å². The molecule has 1 aromatic rings. The minimum atomic E-state index is -0.333. The standard InChI is InChI=1S/C13H17ClFN/c1-2-13(6-3-7-13)16-9-10-4-5-11(14)12(15)8-10/h4-5,8,16H,2-3,6-7,9H2,1H3. The minimum Gasteiger partial charge on any atom is -0.307 e. The monoisotopic (exact) mass is 241 g/mol. The van der Waals surface area contributed by atoms with Crippen LogP contribution in [0.3, 0.4) is 0 Å². The van der Waals surface area contributed by atoms with Crippen LogP contribution in [0.25, 0.3) is 0 Å². The summed E-state index contributed by atoms with van der Waals surface area (Å²) < 4.78 is 13.2. The van der Waals surface area contributed by atoms with Crippen molar-refractivity contribution in [3.63, 3.8) is 0 Å². The third-order valence-corrected chi connectivity index (χ3v) is 3.95. The molecule has 0 aliphatic heterocycles. The Kier molecular flexibility index (Phi) is 3.50. The number of nitrogens with one attached hydrogen (secondary N) is 1. The highest BCUT2D eigenvalue weighted by Gasteiger charge is 2.34. The van der Waals surface area contributed by atoms with Crippen LogP contribution in [-0.4, -0.2) is 5.54 Å². The highest BCUT2D eigenvalue weighted by molar-refractivity contribution is 6.30. The van der Waals surface area contributed by atoms with Gasteiger partial charge in [-0.1, -0.05) is 24.6 Å². The molecule has 1 aliphatic carbocycles. The van der Waals surface area contributed by atoms with Crippen molar-refractivity contribution in [3.05, 3.63) is 34.6 Å². The lowest BCUT2D eigenvalue weighted by atomic mass is 9.75. The van der Waals surface area contributed by atoms with Crippen molar-refractivity contribution < 1.29 is 4.39 Å². The van der Waals surface area contributed by atoms with Gasteiger partial charge in [0.15, 0.2) is 0 Å². The lowest BCUT2D eigenvalue weighted by Crippen LogP contribution is -2.49. The molecule has 0 unspecified atom stereocenters. The van der Waals surface area contributed by atoms with Gasteiger partial charge in [0, 0.05) is 12.1 Å². The largest absolute Gasteiger partial charge is 0.307 e. The smallest absolute Gasteiger partial charge is 0.142 e. The SMILES string of the molecule is CCC1(NCc2ccc(Cl)c(F)c2)CCC1. The molecular weight excluding hydrogens is 225 g/mol. The first-order valence-corrected chi connectivity index (χ1v) is 6.22. The number of benzene rings is 1. The fourth-order valence-corrected chi connectivity index (χ4v) is 2.32. The van der Waals surface area contributed by atoms with Crippen molar-refractivity contribution in [3.8, 4) is 0 Å². The molecule has 0 bridgehead atoms. The zero-order valence-corrected chi connectivity index (χ0v) is 10.3. The van der Waals surface area contributed by atoms with Crippen LogP contribution in [-0.2, 0) is 6.54 Å². The summed E-state index contributed by atoms with van der Waals surface area (Å²) in [4.78, 5) is 0. The van der Waals surface area contributed by atoms with E-state index in [0.717, 1.165) is 18.5 Å². The van der Waals surface area contributed by atoms with E-state index >= 15 is 0 Å². The molecule has 88 valence electrons. The maximum atomic E-state index is 13.2. The van der Waals surface area contributed by atoms with Crippen LogP contribution >= 0.6 is 11.6 Å². The Morgan fingerprint density at radius 3 is 2.69 bits per heavy atom. The first kappa shape index (κ1) is 11.9. The Labute approximate surface area is 101 Å². The van der Waals surface area contributed by atoms with Gasteiger partial charge < -0.3 is 5.32 Å². The van der Waals surface area contributed by atoms with Crippen molar-refractivity contribution in [2.45, 2.75) is 44.7 Å². The van der Waals surface area contributed by atoms with Crippen LogP contribution in [0.4, 0.5) is 4.39 Å². The van der Waals surface area contributed by atoms with Gasteiger partial charge in [-0.05, 0) is 43.4 Å². The van der Waals surface area contributed by atoms with Gasteiger partial charge in [-0.3, -0.25) is 0 Å². The Bertz CT molecular complexity index is 369. The average molecular weight is 242 g/mol. The summed E-state index contributed by atoms with van der Waals surface area (Å²) in [5.74, 6) is -0.333. The molecule has 1 fully saturated rings. The van der Waals surface area contributed by atoms with E-state index < -0.39 is 0 Å². The summed E-state index contributed by atoms with van der Waals surface area (Å²) >= 11 is 5.64. The number of hydrogen-bond donors (Lipinski definition) is 1. The fraction of sp³-hybridized carbons (Fsp3) is 0.538. The third kappa shape index (κ3) is 2.38. The van der Waals surface area contributed by atoms with Crippen LogP contribution in [0.5, 0.6) is 0 Å². The molecular formula is C13H17ClFN. The summed E-state index contributed by atoms with van der Waals surface area (Å²) in [6.45, 7) is 2.93. The van der Waals surface area contributed by atoms with Crippen LogP contribution in [0, 0.1) is 5.82 Å². The summed E-state index contributed by atoms with van der Waals surface area (Å²) in [5, 5.41) is 3.73. The fourth-order valence-electron chi connectivity index (χ4n) is 2.20. The van der Waals surface area contributed by atoms with Crippen molar-refractivity contribution in [1.82, 2.24) is 5.32 Å². The first-order chi connectivity index (χ1) is 7.65. The molecule has 1 aromatic carbocycles. The lowest BCUT2D eigenvalue weighted by Gasteiger charge is -2.42. The topological polar surface area (TPSA) is 12.0 Å². The minimum absolute atomic E-state index is 0.192.